The first kappa shape index (κ1) is 31.3. The molecule has 2 unspecified atom stereocenters. The van der Waals surface area contributed by atoms with Crippen LogP contribution >= 0.6 is 0 Å². The van der Waals surface area contributed by atoms with Crippen LogP contribution in [0.25, 0.3) is 0 Å². The predicted octanol–water partition coefficient (Wildman–Crippen LogP) is 2.16. The number of aliphatic hydroxyl groups is 2. The third-order valence-electron chi connectivity index (χ3n) is 3.33. The maximum absolute atomic E-state index is 9.87. The lowest BCUT2D eigenvalue weighted by molar-refractivity contribution is -0.139. The van der Waals surface area contributed by atoms with Gasteiger partial charge in [0, 0.05) is 12.2 Å². The molecule has 0 amide bonds. The standard InChI is InChI=1S/C13H34O5Si3.C5H6O4/c1-12(13(15)11-14)16-9-8-10-19(17-20(2,3)4)18-21(5,6)7;1-3(5(8)9)2-4(6)7/h12-15,19H,8-11H2,1-7H3;1-2H2,(H,6,7)(H,8,9). The van der Waals surface area contributed by atoms with Gasteiger partial charge in [-0.1, -0.05) is 6.58 Å². The van der Waals surface area contributed by atoms with E-state index in [1.165, 1.54) is 0 Å². The zero-order valence-corrected chi connectivity index (χ0v) is 22.5. The summed E-state index contributed by atoms with van der Waals surface area (Å²) >= 11 is 0. The van der Waals surface area contributed by atoms with Crippen molar-refractivity contribution in [2.45, 2.75) is 77.3 Å². The highest BCUT2D eigenvalue weighted by atomic mass is 28.4. The summed E-state index contributed by atoms with van der Waals surface area (Å²) < 4.78 is 18.0. The molecule has 0 saturated carbocycles. The van der Waals surface area contributed by atoms with Crippen molar-refractivity contribution in [3.05, 3.63) is 12.2 Å². The normalized spacial score (nSPS) is 13.9. The number of aliphatic carboxylic acids is 2. The Morgan fingerprint density at radius 1 is 1.03 bits per heavy atom. The van der Waals surface area contributed by atoms with Gasteiger partial charge in [-0.05, 0) is 58.7 Å². The van der Waals surface area contributed by atoms with Gasteiger partial charge >= 0.3 is 21.2 Å². The number of hydrogen-bond donors (Lipinski definition) is 4. The van der Waals surface area contributed by atoms with Crippen molar-refractivity contribution in [1.82, 2.24) is 0 Å². The van der Waals surface area contributed by atoms with Crippen LogP contribution in [0.3, 0.4) is 0 Å². The molecule has 0 aromatic carbocycles. The summed E-state index contributed by atoms with van der Waals surface area (Å²) in [6, 6.07) is 0.927. The summed E-state index contributed by atoms with van der Waals surface area (Å²) in [7, 11) is -4.81. The zero-order valence-electron chi connectivity index (χ0n) is 19.3. The molecule has 178 valence electrons. The van der Waals surface area contributed by atoms with Gasteiger partial charge in [-0.3, -0.25) is 4.79 Å². The molecule has 0 aromatic heterocycles. The summed E-state index contributed by atoms with van der Waals surface area (Å²) in [5.41, 5.74) is -0.303. The summed E-state index contributed by atoms with van der Waals surface area (Å²) in [4.78, 5) is 19.7. The summed E-state index contributed by atoms with van der Waals surface area (Å²) in [5.74, 6) is -2.44. The lowest BCUT2D eigenvalue weighted by Gasteiger charge is -2.30. The molecule has 0 rings (SSSR count). The van der Waals surface area contributed by atoms with Crippen LogP contribution in [0.4, 0.5) is 0 Å². The second-order valence-corrected chi connectivity index (χ2v) is 20.6. The Bertz CT molecular complexity index is 514. The molecule has 9 nitrogen and oxygen atoms in total. The van der Waals surface area contributed by atoms with E-state index in [4.69, 9.17) is 28.3 Å². The van der Waals surface area contributed by atoms with Crippen LogP contribution in [0, 0.1) is 0 Å². The van der Waals surface area contributed by atoms with Gasteiger partial charge in [0.25, 0.3) is 0 Å². The number of carboxylic acid groups (broad SMARTS) is 2. The van der Waals surface area contributed by atoms with Gasteiger partial charge in [0.15, 0.2) is 16.6 Å². The molecule has 4 N–H and O–H groups in total. The molecular formula is C18H40O9Si3. The molecule has 0 saturated heterocycles. The molecule has 2 atom stereocenters. The molecule has 0 bridgehead atoms. The summed E-state index contributed by atoms with van der Waals surface area (Å²) in [5, 5.41) is 34.4. The van der Waals surface area contributed by atoms with Gasteiger partial charge in [0.05, 0.1) is 19.1 Å². The second-order valence-electron chi connectivity index (χ2n) is 8.84. The Morgan fingerprint density at radius 3 is 1.80 bits per heavy atom. The smallest absolute Gasteiger partial charge is 0.331 e. The van der Waals surface area contributed by atoms with E-state index in [9.17, 15) is 14.7 Å². The number of rotatable bonds is 14. The summed E-state index contributed by atoms with van der Waals surface area (Å²) in [6.07, 6.45) is -0.788. The van der Waals surface area contributed by atoms with E-state index in [1.54, 1.807) is 6.92 Å². The fraction of sp³-hybridized carbons (Fsp3) is 0.778. The largest absolute Gasteiger partial charge is 0.481 e. The van der Waals surface area contributed by atoms with Crippen molar-refractivity contribution in [3.63, 3.8) is 0 Å². The molecule has 0 radical (unpaired) electrons. The predicted molar refractivity (Wildman–Crippen MR) is 123 cm³/mol. The highest BCUT2D eigenvalue weighted by Crippen LogP contribution is 2.16. The van der Waals surface area contributed by atoms with E-state index in [-0.39, 0.29) is 18.3 Å². The van der Waals surface area contributed by atoms with E-state index in [2.05, 4.69) is 45.9 Å². The third-order valence-corrected chi connectivity index (χ3v) is 12.0. The van der Waals surface area contributed by atoms with E-state index < -0.39 is 50.4 Å². The van der Waals surface area contributed by atoms with Crippen molar-refractivity contribution < 1.29 is 43.0 Å². The van der Waals surface area contributed by atoms with Crippen LogP contribution in [-0.4, -0.2) is 83.7 Å². The number of carboxylic acids is 2. The van der Waals surface area contributed by atoms with E-state index in [0.29, 0.717) is 6.61 Å². The molecule has 0 heterocycles. The average Bonchev–Trinajstić information content (AvgIpc) is 2.54. The van der Waals surface area contributed by atoms with Gasteiger partial charge in [-0.15, -0.1) is 0 Å². The van der Waals surface area contributed by atoms with Gasteiger partial charge in [-0.25, -0.2) is 4.79 Å². The maximum Gasteiger partial charge on any atom is 0.331 e. The Hall–Kier alpha value is -0.869. The van der Waals surface area contributed by atoms with Crippen LogP contribution in [0.2, 0.25) is 45.3 Å². The maximum atomic E-state index is 9.87. The highest BCUT2D eigenvalue weighted by Gasteiger charge is 2.28. The monoisotopic (exact) mass is 484 g/mol. The lowest BCUT2D eigenvalue weighted by Crippen LogP contribution is -2.43. The van der Waals surface area contributed by atoms with Gasteiger partial charge < -0.3 is 33.4 Å². The van der Waals surface area contributed by atoms with Gasteiger partial charge in [-0.2, -0.15) is 0 Å². The SMILES string of the molecule is C=C(CC(=O)O)C(=O)O.CC(OCCC[SiH](O[Si](C)(C)C)O[Si](C)(C)C)C(O)CO. The van der Waals surface area contributed by atoms with Crippen LogP contribution in [0.1, 0.15) is 19.8 Å². The quantitative estimate of drug-likeness (QED) is 0.166. The van der Waals surface area contributed by atoms with Gasteiger partial charge in [0.2, 0.25) is 0 Å². The first-order valence-electron chi connectivity index (χ1n) is 9.87. The van der Waals surface area contributed by atoms with Crippen molar-refractivity contribution >= 4 is 37.9 Å². The second kappa shape index (κ2) is 15.0. The fourth-order valence-electron chi connectivity index (χ4n) is 1.97. The van der Waals surface area contributed by atoms with Crippen LogP contribution < -0.4 is 0 Å². The lowest BCUT2D eigenvalue weighted by atomic mass is 10.2. The van der Waals surface area contributed by atoms with Crippen LogP contribution in [0.5, 0.6) is 0 Å². The van der Waals surface area contributed by atoms with Gasteiger partial charge in [0.1, 0.15) is 6.10 Å². The Morgan fingerprint density at radius 2 is 1.50 bits per heavy atom. The average molecular weight is 485 g/mol. The molecule has 0 spiro atoms. The fourth-order valence-corrected chi connectivity index (χ4v) is 10.3. The van der Waals surface area contributed by atoms with Crippen LogP contribution in [0.15, 0.2) is 12.2 Å². The number of aliphatic hydroxyl groups excluding tert-OH is 2. The zero-order chi connectivity index (χ0) is 24.1. The van der Waals surface area contributed by atoms with E-state index >= 15 is 0 Å². The first-order valence-corrected chi connectivity index (χ1v) is 18.4. The molecule has 0 aliphatic heterocycles. The minimum absolute atomic E-state index is 0.268. The Balaban J connectivity index is 0. The Labute approximate surface area is 183 Å². The number of carbonyl (C=O) groups is 2. The number of hydrogen-bond acceptors (Lipinski definition) is 7. The van der Waals surface area contributed by atoms with Crippen molar-refractivity contribution in [2.24, 2.45) is 0 Å². The molecule has 0 aliphatic rings. The van der Waals surface area contributed by atoms with Crippen molar-refractivity contribution in [1.29, 1.82) is 0 Å². The molecule has 12 heteroatoms. The highest BCUT2D eigenvalue weighted by molar-refractivity contribution is 6.81. The number of ether oxygens (including phenoxy) is 1. The Kier molecular flexibility index (Phi) is 15.7. The van der Waals surface area contributed by atoms with Crippen molar-refractivity contribution in [3.8, 4) is 0 Å². The molecule has 0 aliphatic carbocycles. The minimum Gasteiger partial charge on any atom is -0.481 e. The van der Waals surface area contributed by atoms with E-state index in [1.807, 2.05) is 0 Å². The molecule has 0 aromatic rings. The minimum atomic E-state index is -1.65. The third kappa shape index (κ3) is 20.4. The topological polar surface area (TPSA) is 143 Å². The van der Waals surface area contributed by atoms with Crippen molar-refractivity contribution in [2.75, 3.05) is 13.2 Å². The molecule has 30 heavy (non-hydrogen) atoms. The molecular weight excluding hydrogens is 444 g/mol. The van der Waals surface area contributed by atoms with E-state index in [0.717, 1.165) is 12.5 Å². The first-order chi connectivity index (χ1) is 13.5. The molecule has 0 fully saturated rings. The summed E-state index contributed by atoms with van der Waals surface area (Å²) in [6.45, 7) is 18.2. The van der Waals surface area contributed by atoms with Crippen LogP contribution in [-0.2, 0) is 22.6 Å².